The second-order valence-electron chi connectivity index (χ2n) is 15.2. The fraction of sp³-hybridized carbons (Fsp3) is 0.657. The van der Waals surface area contributed by atoms with E-state index in [1.165, 1.54) is 4.88 Å². The number of hydrogen-bond acceptors (Lipinski definition) is 12. The van der Waals surface area contributed by atoms with Gasteiger partial charge in [0.25, 0.3) is 0 Å². The first kappa shape index (κ1) is 34.7. The van der Waals surface area contributed by atoms with Gasteiger partial charge in [-0.2, -0.15) is 4.98 Å². The lowest BCUT2D eigenvalue weighted by atomic mass is 9.61. The monoisotopic (exact) mass is 805 g/mol. The van der Waals surface area contributed by atoms with Crippen LogP contribution in [0.5, 0.6) is 5.88 Å². The molecule has 2 aromatic heterocycles. The van der Waals surface area contributed by atoms with Crippen molar-refractivity contribution in [3.63, 3.8) is 0 Å². The third kappa shape index (κ3) is 6.62. The van der Waals surface area contributed by atoms with E-state index in [2.05, 4.69) is 39.4 Å². The van der Waals surface area contributed by atoms with E-state index in [9.17, 15) is 9.59 Å². The van der Waals surface area contributed by atoms with E-state index in [1.807, 2.05) is 31.7 Å². The van der Waals surface area contributed by atoms with Crippen molar-refractivity contribution in [3.05, 3.63) is 30.8 Å². The Labute approximate surface area is 306 Å². The number of nitrogens with two attached hydrogens (primary N) is 2. The molecule has 3 saturated heterocycles. The van der Waals surface area contributed by atoms with E-state index in [0.29, 0.717) is 74.2 Å². The molecule has 1 amide bonds. The quantitative estimate of drug-likeness (QED) is 0.320. The number of carbonyl (C=O) groups excluding carboxylic acids is 2. The summed E-state index contributed by atoms with van der Waals surface area (Å²) in [6.45, 7) is 8.95. The minimum atomic E-state index is -0.658. The Morgan fingerprint density at radius 3 is 2.53 bits per heavy atom. The number of carbonyl (C=O) groups is 2. The van der Waals surface area contributed by atoms with Gasteiger partial charge in [0.15, 0.2) is 11.6 Å². The minimum absolute atomic E-state index is 0.0554. The lowest BCUT2D eigenvalue weighted by Gasteiger charge is -2.49. The molecule has 1 spiro atoms. The Kier molecular flexibility index (Phi) is 9.54. The summed E-state index contributed by atoms with van der Waals surface area (Å²) < 4.78 is 19.1. The number of morpholine rings is 1. The van der Waals surface area contributed by atoms with Crippen LogP contribution in [0, 0.1) is 2.88 Å². The molecule has 1 saturated carbocycles. The molecule has 3 aliphatic heterocycles. The Balaban J connectivity index is 1.23. The number of ether oxygens (including phenoxy) is 3. The van der Waals surface area contributed by atoms with Crippen LogP contribution in [0.25, 0.3) is 5.70 Å². The molecule has 266 valence electrons. The fourth-order valence-corrected chi connectivity index (χ4v) is 10.5. The summed E-state index contributed by atoms with van der Waals surface area (Å²) in [5.74, 6) is 1.43. The largest absolute Gasteiger partial charge is 0.476 e. The van der Waals surface area contributed by atoms with E-state index in [1.54, 1.807) is 11.3 Å². The third-order valence-electron chi connectivity index (χ3n) is 10.7. The van der Waals surface area contributed by atoms with Gasteiger partial charge < -0.3 is 35.5 Å². The number of fused-ring (bicyclic) bond motifs is 4. The zero-order chi connectivity index (χ0) is 34.7. The number of aryl methyl sites for hydroxylation is 1. The first-order chi connectivity index (χ1) is 23.3. The van der Waals surface area contributed by atoms with Crippen molar-refractivity contribution in [1.82, 2.24) is 19.8 Å². The highest BCUT2D eigenvalue weighted by molar-refractivity contribution is 14.1. The van der Waals surface area contributed by atoms with Crippen LogP contribution in [0.1, 0.15) is 82.0 Å². The molecule has 14 heteroatoms. The number of halogens is 1. The molecule has 5 heterocycles. The van der Waals surface area contributed by atoms with E-state index >= 15 is 0 Å². The van der Waals surface area contributed by atoms with Gasteiger partial charge in [-0.1, -0.05) is 0 Å². The first-order valence-electron chi connectivity index (χ1n) is 17.5. The fourth-order valence-electron chi connectivity index (χ4n) is 8.39. The van der Waals surface area contributed by atoms with Crippen LogP contribution in [0.3, 0.4) is 0 Å². The molecule has 12 nitrogen and oxygen atoms in total. The second-order valence-corrected chi connectivity index (χ2v) is 18.1. The smallest absolute Gasteiger partial charge is 0.411 e. The highest BCUT2D eigenvalue weighted by Gasteiger charge is 2.49. The molecule has 4 N–H and O–H groups in total. The first-order valence-corrected chi connectivity index (χ1v) is 19.4. The zero-order valence-electron chi connectivity index (χ0n) is 28.9. The number of likely N-dealkylation sites (N-methyl/N-ethyl adjacent to an activating group) is 1. The number of thiophene rings is 1. The van der Waals surface area contributed by atoms with Crippen molar-refractivity contribution < 1.29 is 23.8 Å². The van der Waals surface area contributed by atoms with Crippen molar-refractivity contribution in [2.45, 2.75) is 101 Å². The van der Waals surface area contributed by atoms with Gasteiger partial charge in [0.1, 0.15) is 18.0 Å². The Morgan fingerprint density at radius 2 is 1.86 bits per heavy atom. The van der Waals surface area contributed by atoms with Gasteiger partial charge in [-0.05, 0) is 108 Å². The van der Waals surface area contributed by atoms with Crippen molar-refractivity contribution >= 4 is 63.0 Å². The van der Waals surface area contributed by atoms with E-state index in [4.69, 9.17) is 35.6 Å². The minimum Gasteiger partial charge on any atom is -0.476 e. The number of rotatable bonds is 5. The summed E-state index contributed by atoms with van der Waals surface area (Å²) in [5, 5.41) is 0. The summed E-state index contributed by atoms with van der Waals surface area (Å²) in [6.07, 6.45) is 6.70. The average molecular weight is 806 g/mol. The topological polar surface area (TPSA) is 149 Å². The SMILES string of the molecule is CN1CCC[C@H]1COc1cc(N2CC3COCC(C2)N3C(=O)OC(C)(C)C)nc(/C(N)=C2\CCC[C@@]3(CCCc4sc(I)c(N)c43)C2=O)n1. The van der Waals surface area contributed by atoms with Crippen molar-refractivity contribution in [2.24, 2.45) is 5.73 Å². The van der Waals surface area contributed by atoms with Crippen molar-refractivity contribution in [1.29, 1.82) is 0 Å². The summed E-state index contributed by atoms with van der Waals surface area (Å²) >= 11 is 4.01. The number of amides is 1. The third-order valence-corrected chi connectivity index (χ3v) is 13.0. The van der Waals surface area contributed by atoms with Gasteiger partial charge in [0.2, 0.25) is 5.88 Å². The maximum Gasteiger partial charge on any atom is 0.411 e. The van der Waals surface area contributed by atoms with Crippen LogP contribution in [0.15, 0.2) is 11.6 Å². The molecular formula is C35H48IN7O5S. The molecule has 2 aromatic rings. The number of anilines is 2. The molecule has 2 bridgehead atoms. The van der Waals surface area contributed by atoms with Crippen LogP contribution < -0.4 is 21.1 Å². The van der Waals surface area contributed by atoms with Gasteiger partial charge >= 0.3 is 6.09 Å². The van der Waals surface area contributed by atoms with E-state index in [0.717, 1.165) is 65.6 Å². The number of ketones is 1. The van der Waals surface area contributed by atoms with Crippen LogP contribution in [0.4, 0.5) is 16.3 Å². The predicted molar refractivity (Wildman–Crippen MR) is 198 cm³/mol. The normalized spacial score (nSPS) is 28.5. The number of nitrogens with zero attached hydrogens (tertiary/aromatic N) is 5. The van der Waals surface area contributed by atoms with Gasteiger partial charge in [-0.3, -0.25) is 9.69 Å². The molecule has 4 atom stereocenters. The number of likely N-dealkylation sites (tertiary alicyclic amines) is 1. The van der Waals surface area contributed by atoms with Crippen LogP contribution in [0.2, 0.25) is 0 Å². The Hall–Kier alpha value is -2.69. The molecule has 49 heavy (non-hydrogen) atoms. The van der Waals surface area contributed by atoms with Gasteiger partial charge in [-0.25, -0.2) is 9.78 Å². The molecule has 0 radical (unpaired) electrons. The van der Waals surface area contributed by atoms with Gasteiger partial charge in [0.05, 0.1) is 45.0 Å². The molecule has 2 aliphatic carbocycles. The molecule has 5 aliphatic rings. The Bertz CT molecular complexity index is 1640. The molecular weight excluding hydrogens is 757 g/mol. The van der Waals surface area contributed by atoms with Crippen LogP contribution >= 0.6 is 33.9 Å². The molecule has 2 unspecified atom stereocenters. The van der Waals surface area contributed by atoms with Gasteiger partial charge in [0, 0.05) is 41.2 Å². The second kappa shape index (κ2) is 13.5. The Morgan fingerprint density at radius 1 is 1.14 bits per heavy atom. The number of Topliss-reactive ketones (excluding diaryl/α,β-unsaturated/α-hetero) is 1. The maximum absolute atomic E-state index is 14.6. The highest BCUT2D eigenvalue weighted by atomic mass is 127. The summed E-state index contributed by atoms with van der Waals surface area (Å²) in [7, 11) is 2.12. The number of nitrogen functional groups attached to an aromatic ring is 1. The number of hydrogen-bond donors (Lipinski definition) is 2. The number of aromatic nitrogens is 2. The van der Waals surface area contributed by atoms with Crippen molar-refractivity contribution in [2.75, 3.05) is 57.1 Å². The molecule has 0 aromatic carbocycles. The zero-order valence-corrected chi connectivity index (χ0v) is 31.9. The average Bonchev–Trinajstić information content (AvgIpc) is 3.60. The van der Waals surface area contributed by atoms with Crippen LogP contribution in [-0.4, -0.2) is 102 Å². The van der Waals surface area contributed by atoms with Crippen LogP contribution in [-0.2, 0) is 26.1 Å². The van der Waals surface area contributed by atoms with E-state index < -0.39 is 11.0 Å². The lowest BCUT2D eigenvalue weighted by molar-refractivity contribution is -0.122. The maximum atomic E-state index is 14.6. The number of allylic oxidation sites excluding steroid dienone is 1. The van der Waals surface area contributed by atoms with E-state index in [-0.39, 0.29) is 24.0 Å². The highest BCUT2D eigenvalue weighted by Crippen LogP contribution is 2.53. The summed E-state index contributed by atoms with van der Waals surface area (Å²) in [5.41, 5.74) is 15.0. The number of piperazine rings is 1. The van der Waals surface area contributed by atoms with Crippen molar-refractivity contribution in [3.8, 4) is 5.88 Å². The lowest BCUT2D eigenvalue weighted by Crippen LogP contribution is -2.66. The predicted octanol–water partition coefficient (Wildman–Crippen LogP) is 4.72. The molecule has 7 rings (SSSR count). The van der Waals surface area contributed by atoms with Gasteiger partial charge in [-0.15, -0.1) is 11.3 Å². The standard InChI is InChI=1S/C35H48IN7O5S/c1-34(2,3)48-33(45)43-21-15-42(16-22(43)18-46-17-21)25-14-26(47-19-20-8-7-13-41(20)4)40-32(39-25)28(37)23-9-5-11-35(30(23)44)12-6-10-24-27(35)29(38)31(36)49-24/h14,20-22H,5-13,15-19,37-38H2,1-4H3/b28-23-/t20-,21?,22?,35-/m0/s1. The summed E-state index contributed by atoms with van der Waals surface area (Å²) in [4.78, 5) is 45.2. The summed E-state index contributed by atoms with van der Waals surface area (Å²) in [6, 6.07) is 1.73. The molecule has 4 fully saturated rings.